The van der Waals surface area contributed by atoms with E-state index in [-0.39, 0.29) is 48.9 Å². The monoisotopic (exact) mass is 206 g/mol. The summed E-state index contributed by atoms with van der Waals surface area (Å²) in [6, 6.07) is 6.43. The Morgan fingerprint density at radius 2 is 2.08 bits per heavy atom. The number of aryl methyl sites for hydroxylation is 1. The molecule has 0 fully saturated rings. The molecule has 0 spiro atoms. The van der Waals surface area contributed by atoms with E-state index < -0.39 is 0 Å². The van der Waals surface area contributed by atoms with E-state index in [1.54, 1.807) is 6.07 Å². The Morgan fingerprint density at radius 3 is 2.69 bits per heavy atom. The van der Waals surface area contributed by atoms with E-state index in [2.05, 4.69) is 6.92 Å². The molecule has 1 aromatic rings. The van der Waals surface area contributed by atoms with E-state index in [4.69, 9.17) is 0 Å². The zero-order valence-electron chi connectivity index (χ0n) is 7.08. The van der Waals surface area contributed by atoms with Crippen LogP contribution in [0, 0.1) is 0 Å². The van der Waals surface area contributed by atoms with Crippen molar-refractivity contribution in [2.75, 3.05) is 0 Å². The summed E-state index contributed by atoms with van der Waals surface area (Å²) in [7, 11) is 0. The minimum absolute atomic E-state index is 0. The van der Waals surface area contributed by atoms with Gasteiger partial charge >= 0.3 is 37.7 Å². The third-order valence-corrected chi connectivity index (χ3v) is 1.67. The van der Waals surface area contributed by atoms with Crippen molar-refractivity contribution in [1.29, 1.82) is 0 Å². The van der Waals surface area contributed by atoms with E-state index in [0.29, 0.717) is 0 Å². The summed E-state index contributed by atoms with van der Waals surface area (Å²) < 4.78 is 0. The SMILES string of the molecule is CCCc1cccc(=O)c(O)c1.[CaH2]. The van der Waals surface area contributed by atoms with Gasteiger partial charge in [0.2, 0.25) is 5.43 Å². The van der Waals surface area contributed by atoms with Crippen LogP contribution in [0.25, 0.3) is 0 Å². The number of hydrogen-bond donors (Lipinski definition) is 1. The fourth-order valence-electron chi connectivity index (χ4n) is 1.08. The first-order valence-electron chi connectivity index (χ1n) is 4.06. The quantitative estimate of drug-likeness (QED) is 0.726. The van der Waals surface area contributed by atoms with Crippen molar-refractivity contribution in [1.82, 2.24) is 0 Å². The zero-order valence-corrected chi connectivity index (χ0v) is 7.08. The van der Waals surface area contributed by atoms with Crippen molar-refractivity contribution in [2.24, 2.45) is 0 Å². The van der Waals surface area contributed by atoms with Crippen molar-refractivity contribution in [2.45, 2.75) is 19.8 Å². The van der Waals surface area contributed by atoms with E-state index in [1.807, 2.05) is 6.07 Å². The summed E-state index contributed by atoms with van der Waals surface area (Å²) in [6.45, 7) is 2.06. The van der Waals surface area contributed by atoms with E-state index in [0.717, 1.165) is 18.4 Å². The van der Waals surface area contributed by atoms with Crippen molar-refractivity contribution in [3.63, 3.8) is 0 Å². The molecule has 0 heterocycles. The predicted molar refractivity (Wildman–Crippen MR) is 56.9 cm³/mol. The van der Waals surface area contributed by atoms with E-state index >= 15 is 0 Å². The molecule has 0 saturated heterocycles. The second-order valence-electron chi connectivity index (χ2n) is 2.74. The molecule has 0 saturated carbocycles. The van der Waals surface area contributed by atoms with Gasteiger partial charge in [-0.1, -0.05) is 25.5 Å². The first-order valence-corrected chi connectivity index (χ1v) is 4.06. The molecule has 1 aromatic carbocycles. The summed E-state index contributed by atoms with van der Waals surface area (Å²) in [5, 5.41) is 9.17. The van der Waals surface area contributed by atoms with Crippen LogP contribution in [0.5, 0.6) is 5.75 Å². The summed E-state index contributed by atoms with van der Waals surface area (Å²) in [5.41, 5.74) is 0.675. The van der Waals surface area contributed by atoms with Crippen LogP contribution >= 0.6 is 0 Å². The van der Waals surface area contributed by atoms with Gasteiger partial charge in [0.05, 0.1) is 0 Å². The Kier molecular flexibility index (Phi) is 6.39. The van der Waals surface area contributed by atoms with Crippen LogP contribution in [-0.2, 0) is 6.42 Å². The minimum atomic E-state index is -0.322. The Bertz CT molecular complexity index is 323. The van der Waals surface area contributed by atoms with E-state index in [1.165, 1.54) is 12.1 Å². The van der Waals surface area contributed by atoms with Crippen molar-refractivity contribution < 1.29 is 5.11 Å². The Labute approximate surface area is 108 Å². The Balaban J connectivity index is 0.00000144. The third kappa shape index (κ3) is 4.12. The van der Waals surface area contributed by atoms with Gasteiger partial charge in [-0.05, 0) is 24.1 Å². The number of aromatic hydroxyl groups is 1. The first-order chi connectivity index (χ1) is 5.74. The molecule has 1 rings (SSSR count). The third-order valence-electron chi connectivity index (χ3n) is 1.67. The van der Waals surface area contributed by atoms with E-state index in [9.17, 15) is 9.90 Å². The summed E-state index contributed by atoms with van der Waals surface area (Å²) >= 11 is 0. The molecule has 0 bridgehead atoms. The molecule has 0 aromatic heterocycles. The second-order valence-corrected chi connectivity index (χ2v) is 2.74. The van der Waals surface area contributed by atoms with Crippen LogP contribution in [0.1, 0.15) is 18.9 Å². The normalized spacial score (nSPS) is 9.00. The Morgan fingerprint density at radius 1 is 1.38 bits per heavy atom. The molecule has 2 nitrogen and oxygen atoms in total. The molecule has 0 aliphatic heterocycles. The van der Waals surface area contributed by atoms with Gasteiger partial charge in [0.15, 0.2) is 5.75 Å². The van der Waals surface area contributed by atoms with Gasteiger partial charge in [-0.15, -0.1) is 0 Å². The summed E-state index contributed by atoms with van der Waals surface area (Å²) in [5.74, 6) is -0.163. The molecule has 3 heteroatoms. The van der Waals surface area contributed by atoms with Crippen LogP contribution in [-0.4, -0.2) is 42.8 Å². The van der Waals surface area contributed by atoms with Gasteiger partial charge in [0, 0.05) is 0 Å². The van der Waals surface area contributed by atoms with Gasteiger partial charge in [-0.2, -0.15) is 0 Å². The summed E-state index contributed by atoms with van der Waals surface area (Å²) in [4.78, 5) is 10.9. The van der Waals surface area contributed by atoms with Crippen LogP contribution in [0.3, 0.4) is 0 Å². The number of hydrogen-bond acceptors (Lipinski definition) is 2. The van der Waals surface area contributed by atoms with Crippen molar-refractivity contribution in [3.8, 4) is 5.75 Å². The molecule has 68 valence electrons. The predicted octanol–water partition coefficient (Wildman–Crippen LogP) is 0.789. The molecule has 1 N–H and O–H groups in total. The van der Waals surface area contributed by atoms with Gasteiger partial charge in [-0.3, -0.25) is 4.79 Å². The van der Waals surface area contributed by atoms with Gasteiger partial charge in [0.25, 0.3) is 0 Å². The zero-order chi connectivity index (χ0) is 8.97. The van der Waals surface area contributed by atoms with Crippen LogP contribution in [0.2, 0.25) is 0 Å². The Hall–Kier alpha value is -0.0503. The standard InChI is InChI=1S/C10H12O2.Ca.2H/c1-2-4-8-5-3-6-9(11)10(12)7-8;;;/h3,5-7H,2,4H2,1H3,(H,11,12);;;. The van der Waals surface area contributed by atoms with Gasteiger partial charge in [-0.25, -0.2) is 0 Å². The molecule has 0 radical (unpaired) electrons. The van der Waals surface area contributed by atoms with Crippen molar-refractivity contribution in [3.05, 3.63) is 40.1 Å². The van der Waals surface area contributed by atoms with Crippen molar-refractivity contribution >= 4 is 37.7 Å². The fourth-order valence-corrected chi connectivity index (χ4v) is 1.08. The maximum absolute atomic E-state index is 10.9. The van der Waals surface area contributed by atoms with Crippen LogP contribution < -0.4 is 5.43 Å². The van der Waals surface area contributed by atoms with Gasteiger partial charge in [0.1, 0.15) is 0 Å². The fraction of sp³-hybridized carbons (Fsp3) is 0.300. The topological polar surface area (TPSA) is 37.3 Å². The molecular formula is C10H14CaO2. The first kappa shape index (κ1) is 12.9. The van der Waals surface area contributed by atoms with Crippen LogP contribution in [0.15, 0.2) is 29.1 Å². The number of rotatable bonds is 2. The molecule has 0 aliphatic carbocycles. The van der Waals surface area contributed by atoms with Crippen LogP contribution in [0.4, 0.5) is 0 Å². The average Bonchev–Trinajstić information content (AvgIpc) is 2.16. The molecular weight excluding hydrogens is 192 g/mol. The molecule has 0 aliphatic rings. The van der Waals surface area contributed by atoms with Gasteiger partial charge < -0.3 is 5.11 Å². The summed E-state index contributed by atoms with van der Waals surface area (Å²) in [6.07, 6.45) is 1.90. The molecule has 0 atom stereocenters. The maximum atomic E-state index is 10.9. The molecule has 13 heavy (non-hydrogen) atoms. The molecule has 0 amide bonds. The average molecular weight is 206 g/mol. The molecule has 0 unspecified atom stereocenters. The second kappa shape index (κ2) is 6.41.